The van der Waals surface area contributed by atoms with Gasteiger partial charge in [-0.05, 0) is 19.2 Å². The van der Waals surface area contributed by atoms with Crippen LogP contribution in [0.1, 0.15) is 17.2 Å². The van der Waals surface area contributed by atoms with Crippen LogP contribution >= 0.6 is 11.6 Å². The minimum atomic E-state index is -1.16. The van der Waals surface area contributed by atoms with E-state index in [-0.39, 0.29) is 10.6 Å². The molecule has 1 unspecified atom stereocenters. The number of rotatable bonds is 3. The van der Waals surface area contributed by atoms with E-state index >= 15 is 0 Å². The molecule has 0 fully saturated rings. The topological polar surface area (TPSA) is 12.0 Å². The Balaban J connectivity index is 2.65. The summed E-state index contributed by atoms with van der Waals surface area (Å²) in [5.41, 5.74) is -0.582. The molecular weight excluding hydrogens is 294 g/mol. The van der Waals surface area contributed by atoms with Gasteiger partial charge in [-0.2, -0.15) is 0 Å². The van der Waals surface area contributed by atoms with Crippen molar-refractivity contribution >= 4 is 11.6 Å². The Kier molecular flexibility index (Phi) is 4.30. The van der Waals surface area contributed by atoms with E-state index in [9.17, 15) is 17.6 Å². The predicted molar refractivity (Wildman–Crippen MR) is 68.6 cm³/mol. The summed E-state index contributed by atoms with van der Waals surface area (Å²) in [4.78, 5) is 0. The largest absolute Gasteiger partial charge is 0.309 e. The van der Waals surface area contributed by atoms with Crippen LogP contribution in [-0.2, 0) is 0 Å². The minimum Gasteiger partial charge on any atom is -0.309 e. The first-order chi connectivity index (χ1) is 9.45. The van der Waals surface area contributed by atoms with Gasteiger partial charge in [0.05, 0.1) is 6.04 Å². The summed E-state index contributed by atoms with van der Waals surface area (Å²) in [7, 11) is 1.40. The zero-order valence-corrected chi connectivity index (χ0v) is 11.1. The molecule has 1 nitrogen and oxygen atoms in total. The molecule has 0 aromatic heterocycles. The average Bonchev–Trinajstić information content (AvgIpc) is 2.35. The Morgan fingerprint density at radius 2 is 1.55 bits per heavy atom. The fraction of sp³-hybridized carbons (Fsp3) is 0.143. The normalized spacial score (nSPS) is 12.5. The van der Waals surface area contributed by atoms with E-state index in [1.165, 1.54) is 19.2 Å². The van der Waals surface area contributed by atoms with E-state index in [4.69, 9.17) is 11.6 Å². The molecule has 0 heterocycles. The molecule has 0 spiro atoms. The lowest BCUT2D eigenvalue weighted by molar-refractivity contribution is 0.491. The van der Waals surface area contributed by atoms with Gasteiger partial charge >= 0.3 is 0 Å². The van der Waals surface area contributed by atoms with Crippen molar-refractivity contribution in [2.45, 2.75) is 6.04 Å². The molecule has 0 aliphatic heterocycles. The van der Waals surface area contributed by atoms with E-state index < -0.39 is 34.9 Å². The van der Waals surface area contributed by atoms with Crippen molar-refractivity contribution in [2.24, 2.45) is 0 Å². The minimum absolute atomic E-state index is 0.0208. The lowest BCUT2D eigenvalue weighted by atomic mass is 9.97. The van der Waals surface area contributed by atoms with Crippen LogP contribution in [0.2, 0.25) is 5.02 Å². The second kappa shape index (κ2) is 5.81. The summed E-state index contributed by atoms with van der Waals surface area (Å²) in [6.07, 6.45) is 0. The zero-order valence-electron chi connectivity index (χ0n) is 10.4. The van der Waals surface area contributed by atoms with Crippen LogP contribution in [0.3, 0.4) is 0 Å². The molecule has 106 valence electrons. The Morgan fingerprint density at radius 1 is 0.950 bits per heavy atom. The molecule has 1 atom stereocenters. The fourth-order valence-corrected chi connectivity index (χ4v) is 2.32. The van der Waals surface area contributed by atoms with Crippen LogP contribution in [0.5, 0.6) is 0 Å². The first-order valence-corrected chi connectivity index (χ1v) is 6.09. The van der Waals surface area contributed by atoms with Crippen molar-refractivity contribution in [1.82, 2.24) is 5.32 Å². The molecule has 0 amide bonds. The van der Waals surface area contributed by atoms with Crippen molar-refractivity contribution in [2.75, 3.05) is 7.05 Å². The van der Waals surface area contributed by atoms with Gasteiger partial charge in [-0.15, -0.1) is 0 Å². The van der Waals surface area contributed by atoms with Crippen molar-refractivity contribution in [3.8, 4) is 0 Å². The number of hydrogen-bond donors (Lipinski definition) is 1. The highest BCUT2D eigenvalue weighted by atomic mass is 35.5. The van der Waals surface area contributed by atoms with Crippen LogP contribution in [0.25, 0.3) is 0 Å². The highest BCUT2D eigenvalue weighted by molar-refractivity contribution is 6.31. The molecular formula is C14H10ClF4N. The van der Waals surface area contributed by atoms with Crippen LogP contribution in [0.15, 0.2) is 30.3 Å². The SMILES string of the molecule is CNC(c1c(F)cc(F)cc1F)c1c(F)cccc1Cl. The van der Waals surface area contributed by atoms with Gasteiger partial charge in [0.25, 0.3) is 0 Å². The van der Waals surface area contributed by atoms with Crippen molar-refractivity contribution < 1.29 is 17.6 Å². The lowest BCUT2D eigenvalue weighted by Gasteiger charge is -2.20. The Labute approximate surface area is 118 Å². The van der Waals surface area contributed by atoms with Gasteiger partial charge in [0.2, 0.25) is 0 Å². The summed E-state index contributed by atoms with van der Waals surface area (Å²) in [5, 5.41) is 2.61. The Morgan fingerprint density at radius 3 is 2.05 bits per heavy atom. The maximum atomic E-state index is 13.9. The van der Waals surface area contributed by atoms with Gasteiger partial charge in [-0.25, -0.2) is 17.6 Å². The van der Waals surface area contributed by atoms with Crippen LogP contribution < -0.4 is 5.32 Å². The molecule has 2 aromatic rings. The second-order valence-electron chi connectivity index (χ2n) is 4.14. The van der Waals surface area contributed by atoms with Gasteiger partial charge < -0.3 is 5.32 Å². The summed E-state index contributed by atoms with van der Waals surface area (Å²) in [5.74, 6) is -3.97. The molecule has 0 radical (unpaired) electrons. The zero-order chi connectivity index (χ0) is 14.9. The standard InChI is InChI=1S/C14H10ClF4N/c1-20-14(12-8(15)3-2-4-9(12)17)13-10(18)5-7(16)6-11(13)19/h2-6,14,20H,1H3. The number of nitrogens with one attached hydrogen (secondary N) is 1. The van der Waals surface area contributed by atoms with Crippen LogP contribution in [-0.4, -0.2) is 7.05 Å². The summed E-state index contributed by atoms with van der Waals surface area (Å²) < 4.78 is 54.4. The first-order valence-electron chi connectivity index (χ1n) is 5.71. The van der Waals surface area contributed by atoms with E-state index in [2.05, 4.69) is 5.32 Å². The quantitative estimate of drug-likeness (QED) is 0.838. The van der Waals surface area contributed by atoms with Crippen molar-refractivity contribution in [1.29, 1.82) is 0 Å². The molecule has 20 heavy (non-hydrogen) atoms. The number of hydrogen-bond acceptors (Lipinski definition) is 1. The van der Waals surface area contributed by atoms with Crippen LogP contribution in [0, 0.1) is 23.3 Å². The molecule has 0 saturated carbocycles. The molecule has 0 aliphatic rings. The van der Waals surface area contributed by atoms with Crippen molar-refractivity contribution in [3.63, 3.8) is 0 Å². The lowest BCUT2D eigenvalue weighted by Crippen LogP contribution is -2.22. The second-order valence-corrected chi connectivity index (χ2v) is 4.55. The van der Waals surface area contributed by atoms with Gasteiger partial charge in [0.1, 0.15) is 23.3 Å². The third kappa shape index (κ3) is 2.64. The van der Waals surface area contributed by atoms with Crippen molar-refractivity contribution in [3.05, 3.63) is 69.8 Å². The summed E-state index contributed by atoms with van der Waals surface area (Å²) in [6, 6.07) is 3.83. The Hall–Kier alpha value is -1.59. The molecule has 0 saturated heterocycles. The van der Waals surface area contributed by atoms with Gasteiger partial charge in [-0.1, -0.05) is 17.7 Å². The summed E-state index contributed by atoms with van der Waals surface area (Å²) in [6.45, 7) is 0. The van der Waals surface area contributed by atoms with Gasteiger partial charge in [-0.3, -0.25) is 0 Å². The molecule has 6 heteroatoms. The molecule has 0 aliphatic carbocycles. The van der Waals surface area contributed by atoms with E-state index in [0.29, 0.717) is 12.1 Å². The van der Waals surface area contributed by atoms with Crippen LogP contribution in [0.4, 0.5) is 17.6 Å². The Bertz CT molecular complexity index is 602. The van der Waals surface area contributed by atoms with E-state index in [0.717, 1.165) is 6.07 Å². The predicted octanol–water partition coefficient (Wildman–Crippen LogP) is 4.21. The maximum Gasteiger partial charge on any atom is 0.134 e. The third-order valence-corrected chi connectivity index (χ3v) is 3.24. The highest BCUT2D eigenvalue weighted by Gasteiger charge is 2.26. The number of halogens is 5. The molecule has 0 bridgehead atoms. The van der Waals surface area contributed by atoms with Gasteiger partial charge in [0.15, 0.2) is 0 Å². The monoisotopic (exact) mass is 303 g/mol. The smallest absolute Gasteiger partial charge is 0.134 e. The number of benzene rings is 2. The summed E-state index contributed by atoms with van der Waals surface area (Å²) >= 11 is 5.89. The third-order valence-electron chi connectivity index (χ3n) is 2.91. The molecule has 1 N–H and O–H groups in total. The highest BCUT2D eigenvalue weighted by Crippen LogP contribution is 2.33. The average molecular weight is 304 g/mol. The van der Waals surface area contributed by atoms with Gasteiger partial charge in [0, 0.05) is 28.3 Å². The molecule has 2 aromatic carbocycles. The fourth-order valence-electron chi connectivity index (χ4n) is 2.05. The maximum absolute atomic E-state index is 13.9. The molecule has 2 rings (SSSR count). The first kappa shape index (κ1) is 14.8. The van der Waals surface area contributed by atoms with E-state index in [1.807, 2.05) is 0 Å². The van der Waals surface area contributed by atoms with E-state index in [1.54, 1.807) is 0 Å².